The highest BCUT2D eigenvalue weighted by Gasteiger charge is 2.27. The molecule has 0 amide bonds. The standard InChI is InChI=1S/C16H15ClO8/c1-20-13-11(24-15(18)22-3)9-6-5-8(17)7-10(9)12(14(13)21-2)25-16(19)23-4/h5-7H,1-4H3. The van der Waals surface area contributed by atoms with Gasteiger partial charge >= 0.3 is 12.3 Å². The molecule has 0 aliphatic rings. The molecule has 9 heteroatoms. The molecule has 0 saturated heterocycles. The Morgan fingerprint density at radius 1 is 0.760 bits per heavy atom. The summed E-state index contributed by atoms with van der Waals surface area (Å²) in [6.45, 7) is 0. The third-order valence-electron chi connectivity index (χ3n) is 3.20. The van der Waals surface area contributed by atoms with E-state index >= 15 is 0 Å². The van der Waals surface area contributed by atoms with E-state index in [4.69, 9.17) is 30.5 Å². The second-order valence-corrected chi connectivity index (χ2v) is 4.96. The number of carbonyl (C=O) groups is 2. The number of fused-ring (bicyclic) bond motifs is 1. The molecule has 0 N–H and O–H groups in total. The van der Waals surface area contributed by atoms with Crippen molar-refractivity contribution in [1.82, 2.24) is 0 Å². The second-order valence-electron chi connectivity index (χ2n) is 4.53. The molecule has 0 spiro atoms. The average Bonchev–Trinajstić information content (AvgIpc) is 2.62. The molecular weight excluding hydrogens is 356 g/mol. The molecule has 2 aromatic rings. The zero-order valence-corrected chi connectivity index (χ0v) is 14.6. The maximum absolute atomic E-state index is 11.6. The summed E-state index contributed by atoms with van der Waals surface area (Å²) >= 11 is 6.04. The molecule has 2 aromatic carbocycles. The Morgan fingerprint density at radius 3 is 1.68 bits per heavy atom. The first-order valence-corrected chi connectivity index (χ1v) is 7.23. The first-order valence-electron chi connectivity index (χ1n) is 6.85. The lowest BCUT2D eigenvalue weighted by molar-refractivity contribution is 0.117. The van der Waals surface area contributed by atoms with Gasteiger partial charge in [-0.2, -0.15) is 0 Å². The van der Waals surface area contributed by atoms with Gasteiger partial charge in [-0.05, 0) is 18.2 Å². The molecule has 0 atom stereocenters. The SMILES string of the molecule is COC(=O)Oc1c(OC)c(OC)c(OC(=O)OC)c2cc(Cl)ccc12. The van der Waals surface area contributed by atoms with Crippen LogP contribution in [0.4, 0.5) is 9.59 Å². The van der Waals surface area contributed by atoms with Gasteiger partial charge in [0.15, 0.2) is 11.5 Å². The van der Waals surface area contributed by atoms with Crippen LogP contribution in [0.5, 0.6) is 23.0 Å². The van der Waals surface area contributed by atoms with E-state index in [1.807, 2.05) is 0 Å². The van der Waals surface area contributed by atoms with Gasteiger partial charge in [-0.3, -0.25) is 0 Å². The summed E-state index contributed by atoms with van der Waals surface area (Å²) in [6, 6.07) is 4.66. The highest BCUT2D eigenvalue weighted by Crippen LogP contribution is 2.51. The van der Waals surface area contributed by atoms with Gasteiger partial charge in [0.1, 0.15) is 0 Å². The molecule has 0 aliphatic heterocycles. The van der Waals surface area contributed by atoms with Gasteiger partial charge in [-0.25, -0.2) is 9.59 Å². The molecule has 0 fully saturated rings. The Bertz CT molecular complexity index is 818. The third-order valence-corrected chi connectivity index (χ3v) is 3.44. The van der Waals surface area contributed by atoms with E-state index in [1.54, 1.807) is 12.1 Å². The van der Waals surface area contributed by atoms with Gasteiger partial charge < -0.3 is 28.4 Å². The van der Waals surface area contributed by atoms with Crippen molar-refractivity contribution >= 4 is 34.7 Å². The Morgan fingerprint density at radius 2 is 1.24 bits per heavy atom. The van der Waals surface area contributed by atoms with E-state index in [1.165, 1.54) is 27.4 Å². The van der Waals surface area contributed by atoms with Crippen LogP contribution < -0.4 is 18.9 Å². The zero-order chi connectivity index (χ0) is 18.6. The summed E-state index contributed by atoms with van der Waals surface area (Å²) in [4.78, 5) is 23.2. The Hall–Kier alpha value is -2.87. The Kier molecular flexibility index (Phi) is 5.76. The Labute approximate surface area is 148 Å². The van der Waals surface area contributed by atoms with Crippen molar-refractivity contribution < 1.29 is 38.0 Å². The molecule has 25 heavy (non-hydrogen) atoms. The predicted molar refractivity (Wildman–Crippen MR) is 88.1 cm³/mol. The monoisotopic (exact) mass is 370 g/mol. The topological polar surface area (TPSA) is 89.5 Å². The first-order chi connectivity index (χ1) is 12.0. The van der Waals surface area contributed by atoms with E-state index < -0.39 is 12.3 Å². The molecule has 0 unspecified atom stereocenters. The third kappa shape index (κ3) is 3.63. The zero-order valence-electron chi connectivity index (χ0n) is 13.9. The second kappa shape index (κ2) is 7.80. The maximum Gasteiger partial charge on any atom is 0.513 e. The van der Waals surface area contributed by atoms with Crippen LogP contribution in [-0.4, -0.2) is 40.7 Å². The molecule has 0 aliphatic carbocycles. The van der Waals surface area contributed by atoms with Crippen molar-refractivity contribution in [2.45, 2.75) is 0 Å². The molecule has 134 valence electrons. The quantitative estimate of drug-likeness (QED) is 0.593. The van der Waals surface area contributed by atoms with Crippen molar-refractivity contribution in [3.63, 3.8) is 0 Å². The van der Waals surface area contributed by atoms with Gasteiger partial charge in [-0.1, -0.05) is 11.6 Å². The number of hydrogen-bond acceptors (Lipinski definition) is 8. The van der Waals surface area contributed by atoms with Crippen molar-refractivity contribution in [2.75, 3.05) is 28.4 Å². The van der Waals surface area contributed by atoms with Crippen LogP contribution in [0, 0.1) is 0 Å². The number of halogens is 1. The molecule has 0 bridgehead atoms. The Balaban J connectivity index is 2.86. The largest absolute Gasteiger partial charge is 0.513 e. The summed E-state index contributed by atoms with van der Waals surface area (Å²) in [7, 11) is 5.00. The lowest BCUT2D eigenvalue weighted by Crippen LogP contribution is -2.12. The fraction of sp³-hybridized carbons (Fsp3) is 0.250. The van der Waals surface area contributed by atoms with Gasteiger partial charge in [0.05, 0.1) is 28.4 Å². The van der Waals surface area contributed by atoms with E-state index in [2.05, 4.69) is 9.47 Å². The smallest absolute Gasteiger partial charge is 0.490 e. The van der Waals surface area contributed by atoms with Crippen LogP contribution in [0.15, 0.2) is 18.2 Å². The summed E-state index contributed by atoms with van der Waals surface area (Å²) in [6.07, 6.45) is -1.93. The van der Waals surface area contributed by atoms with Crippen LogP contribution in [0.2, 0.25) is 5.02 Å². The van der Waals surface area contributed by atoms with E-state index in [0.29, 0.717) is 15.8 Å². The molecular formula is C16H15ClO8. The minimum absolute atomic E-state index is 0.000848. The minimum Gasteiger partial charge on any atom is -0.490 e. The van der Waals surface area contributed by atoms with Crippen molar-refractivity contribution in [3.05, 3.63) is 23.2 Å². The normalized spacial score (nSPS) is 10.1. The lowest BCUT2D eigenvalue weighted by Gasteiger charge is -2.18. The van der Waals surface area contributed by atoms with Gasteiger partial charge in [0.2, 0.25) is 11.5 Å². The summed E-state index contributed by atoms with van der Waals surface area (Å²) in [5.41, 5.74) is 0. The highest BCUT2D eigenvalue weighted by molar-refractivity contribution is 6.31. The molecule has 2 rings (SSSR count). The van der Waals surface area contributed by atoms with E-state index in [-0.39, 0.29) is 23.0 Å². The highest BCUT2D eigenvalue weighted by atomic mass is 35.5. The van der Waals surface area contributed by atoms with Crippen LogP contribution >= 0.6 is 11.6 Å². The van der Waals surface area contributed by atoms with Gasteiger partial charge in [-0.15, -0.1) is 0 Å². The van der Waals surface area contributed by atoms with Crippen LogP contribution in [0.3, 0.4) is 0 Å². The maximum atomic E-state index is 11.6. The first kappa shape index (κ1) is 18.5. The number of methoxy groups -OCH3 is 4. The fourth-order valence-corrected chi connectivity index (χ4v) is 2.35. The van der Waals surface area contributed by atoms with Crippen molar-refractivity contribution in [2.24, 2.45) is 0 Å². The molecule has 0 aromatic heterocycles. The van der Waals surface area contributed by atoms with Crippen molar-refractivity contribution in [1.29, 1.82) is 0 Å². The predicted octanol–water partition coefficient (Wildman–Crippen LogP) is 3.80. The van der Waals surface area contributed by atoms with Crippen molar-refractivity contribution in [3.8, 4) is 23.0 Å². The van der Waals surface area contributed by atoms with Gasteiger partial charge in [0.25, 0.3) is 0 Å². The average molecular weight is 371 g/mol. The number of benzene rings is 2. The number of carbonyl (C=O) groups excluding carboxylic acids is 2. The summed E-state index contributed by atoms with van der Waals surface area (Å²) in [5.74, 6) is 0.0687. The molecule has 0 saturated carbocycles. The summed E-state index contributed by atoms with van der Waals surface area (Å²) in [5, 5.41) is 1.08. The van der Waals surface area contributed by atoms with Crippen LogP contribution in [0.25, 0.3) is 10.8 Å². The van der Waals surface area contributed by atoms with E-state index in [0.717, 1.165) is 7.11 Å². The minimum atomic E-state index is -0.969. The molecule has 8 nitrogen and oxygen atoms in total. The van der Waals surface area contributed by atoms with Crippen LogP contribution in [0.1, 0.15) is 0 Å². The molecule has 0 heterocycles. The number of hydrogen-bond donors (Lipinski definition) is 0. The fourth-order valence-electron chi connectivity index (χ4n) is 2.18. The molecule has 0 radical (unpaired) electrons. The summed E-state index contributed by atoms with van der Waals surface area (Å²) < 4.78 is 30.0. The number of ether oxygens (including phenoxy) is 6. The van der Waals surface area contributed by atoms with Gasteiger partial charge in [0, 0.05) is 15.8 Å². The van der Waals surface area contributed by atoms with Crippen LogP contribution in [-0.2, 0) is 9.47 Å². The number of rotatable bonds is 4. The van der Waals surface area contributed by atoms with E-state index in [9.17, 15) is 9.59 Å². The lowest BCUT2D eigenvalue weighted by atomic mass is 10.1.